The van der Waals surface area contributed by atoms with Gasteiger partial charge in [0.05, 0.1) is 13.0 Å². The summed E-state index contributed by atoms with van der Waals surface area (Å²) in [4.78, 5) is 24.8. The molecule has 0 radical (unpaired) electrons. The minimum atomic E-state index is -0.393. The van der Waals surface area contributed by atoms with Crippen LogP contribution in [0.15, 0.2) is 47.7 Å². The molecule has 3 N–H and O–H groups in total. The van der Waals surface area contributed by atoms with Crippen molar-refractivity contribution in [1.82, 2.24) is 14.5 Å². The zero-order valence-corrected chi connectivity index (χ0v) is 19.1. The van der Waals surface area contributed by atoms with Gasteiger partial charge in [0, 0.05) is 55.6 Å². The number of nitrogens with one attached hydrogen (secondary N) is 1. The third kappa shape index (κ3) is 3.82. The maximum atomic E-state index is 12.5. The molecule has 1 fully saturated rings. The first-order valence-electron chi connectivity index (χ1n) is 10.8. The molecular formula is C25H28N6O2. The largest absolute Gasteiger partial charge is 0.464 e. The van der Waals surface area contributed by atoms with E-state index in [1.54, 1.807) is 25.7 Å². The normalized spacial score (nSPS) is 15.7. The molecule has 3 aromatic rings. The summed E-state index contributed by atoms with van der Waals surface area (Å²) in [5.41, 5.74) is 10.8. The number of aliphatic imine (C=N–C) groups is 1. The van der Waals surface area contributed by atoms with Crippen molar-refractivity contribution in [2.75, 3.05) is 19.9 Å². The monoisotopic (exact) mass is 444 g/mol. The molecule has 1 unspecified atom stereocenters. The van der Waals surface area contributed by atoms with Gasteiger partial charge in [-0.15, -0.1) is 0 Å². The number of hydrogen-bond donors (Lipinski definition) is 2. The Labute approximate surface area is 193 Å². The zero-order valence-electron chi connectivity index (χ0n) is 19.1. The summed E-state index contributed by atoms with van der Waals surface area (Å²) in [5.74, 6) is -0.466. The number of carbonyl (C=O) groups excluding carboxylic acids is 1. The number of ether oxygens (including phenoxy) is 1. The van der Waals surface area contributed by atoms with Crippen molar-refractivity contribution in [2.24, 2.45) is 12.0 Å². The molecule has 0 spiro atoms. The van der Waals surface area contributed by atoms with Gasteiger partial charge < -0.3 is 20.4 Å². The summed E-state index contributed by atoms with van der Waals surface area (Å²) in [5, 5.41) is 7.99. The highest BCUT2D eigenvalue weighted by Gasteiger charge is 2.45. The third-order valence-electron chi connectivity index (χ3n) is 6.61. The van der Waals surface area contributed by atoms with Crippen molar-refractivity contribution < 1.29 is 9.53 Å². The van der Waals surface area contributed by atoms with Gasteiger partial charge in [-0.1, -0.05) is 30.7 Å². The second-order valence-corrected chi connectivity index (χ2v) is 8.33. The molecule has 2 aromatic heterocycles. The SMILES string of the molecule is CN=CC(C=N)c1cc(C(=O)OC)n(C)c1C1(c2ccc(-c3cnc(N)nc3)cc2)CCC1. The maximum absolute atomic E-state index is 12.5. The average Bonchev–Trinajstić information content (AvgIpc) is 3.14. The van der Waals surface area contributed by atoms with E-state index in [1.165, 1.54) is 18.9 Å². The third-order valence-corrected chi connectivity index (χ3v) is 6.61. The summed E-state index contributed by atoms with van der Waals surface area (Å²) in [6.45, 7) is 0. The van der Waals surface area contributed by atoms with E-state index in [0.717, 1.165) is 41.6 Å². The molecule has 1 atom stereocenters. The number of nitrogens with zero attached hydrogens (tertiary/aromatic N) is 4. The van der Waals surface area contributed by atoms with Gasteiger partial charge in [0.2, 0.25) is 5.95 Å². The number of nitrogen functional groups attached to an aromatic ring is 1. The standard InChI is InChI=1S/C25H28N6O2/c1-28-13-17(12-26)20-11-21(23(32)33-3)31(2)22(20)25(9-4-10-25)19-7-5-16(6-8-19)18-14-29-24(27)30-15-18/h5-8,11-15,17,26H,4,9-10H2,1-3H3,(H2,27,29,30). The van der Waals surface area contributed by atoms with Gasteiger partial charge in [0.1, 0.15) is 5.69 Å². The van der Waals surface area contributed by atoms with E-state index in [2.05, 4.69) is 39.2 Å². The molecule has 0 aliphatic heterocycles. The molecule has 2 heterocycles. The van der Waals surface area contributed by atoms with Crippen LogP contribution in [0.3, 0.4) is 0 Å². The quantitative estimate of drug-likeness (QED) is 0.425. The van der Waals surface area contributed by atoms with Crippen molar-refractivity contribution >= 4 is 24.3 Å². The van der Waals surface area contributed by atoms with Crippen LogP contribution in [0.1, 0.15) is 52.5 Å². The number of carbonyl (C=O) groups is 1. The summed E-state index contributed by atoms with van der Waals surface area (Å²) in [6, 6.07) is 10.2. The highest BCUT2D eigenvalue weighted by atomic mass is 16.5. The first-order chi connectivity index (χ1) is 15.9. The Bertz CT molecular complexity index is 1190. The van der Waals surface area contributed by atoms with Crippen LogP contribution in [0, 0.1) is 5.41 Å². The van der Waals surface area contributed by atoms with E-state index in [0.29, 0.717) is 5.69 Å². The molecule has 8 nitrogen and oxygen atoms in total. The first-order valence-corrected chi connectivity index (χ1v) is 10.8. The topological polar surface area (TPSA) is 119 Å². The molecule has 1 saturated carbocycles. The van der Waals surface area contributed by atoms with Crippen LogP contribution in [0.25, 0.3) is 11.1 Å². The van der Waals surface area contributed by atoms with Crippen molar-refractivity contribution in [3.8, 4) is 11.1 Å². The lowest BCUT2D eigenvalue weighted by atomic mass is 9.61. The van der Waals surface area contributed by atoms with Crippen LogP contribution in [0.5, 0.6) is 0 Å². The molecule has 0 bridgehead atoms. The van der Waals surface area contributed by atoms with Crippen molar-refractivity contribution in [1.29, 1.82) is 5.41 Å². The Balaban J connectivity index is 1.83. The number of nitrogens with two attached hydrogens (primary N) is 1. The predicted molar refractivity (Wildman–Crippen MR) is 129 cm³/mol. The van der Waals surface area contributed by atoms with Gasteiger partial charge in [0.15, 0.2) is 0 Å². The molecule has 0 saturated heterocycles. The van der Waals surface area contributed by atoms with Gasteiger partial charge in [-0.2, -0.15) is 0 Å². The number of rotatable bonds is 7. The van der Waals surface area contributed by atoms with Crippen molar-refractivity contribution in [3.63, 3.8) is 0 Å². The Morgan fingerprint density at radius 3 is 2.42 bits per heavy atom. The van der Waals surface area contributed by atoms with Crippen LogP contribution in [0.4, 0.5) is 5.95 Å². The summed E-state index contributed by atoms with van der Waals surface area (Å²) < 4.78 is 6.96. The van der Waals surface area contributed by atoms with Crippen molar-refractivity contribution in [2.45, 2.75) is 30.6 Å². The fourth-order valence-electron chi connectivity index (χ4n) is 4.81. The van der Waals surface area contributed by atoms with Gasteiger partial charge in [-0.25, -0.2) is 14.8 Å². The van der Waals surface area contributed by atoms with Crippen LogP contribution in [0.2, 0.25) is 0 Å². The lowest BCUT2D eigenvalue weighted by Crippen LogP contribution is -2.39. The summed E-state index contributed by atoms with van der Waals surface area (Å²) in [6.07, 6.45) is 9.53. The minimum absolute atomic E-state index is 0.248. The zero-order chi connectivity index (χ0) is 23.6. The van der Waals surface area contributed by atoms with Crippen LogP contribution in [-0.2, 0) is 17.2 Å². The Kier molecular flexibility index (Phi) is 6.09. The van der Waals surface area contributed by atoms with E-state index >= 15 is 0 Å². The second kappa shape index (κ2) is 8.97. The van der Waals surface area contributed by atoms with Crippen molar-refractivity contribution in [3.05, 3.63) is 65.2 Å². The van der Waals surface area contributed by atoms with Gasteiger partial charge in [-0.3, -0.25) is 4.99 Å². The number of hydrogen-bond acceptors (Lipinski definition) is 7. The Morgan fingerprint density at radius 2 is 1.91 bits per heavy atom. The van der Waals surface area contributed by atoms with Crippen LogP contribution < -0.4 is 5.73 Å². The van der Waals surface area contributed by atoms with Crippen LogP contribution in [-0.4, -0.2) is 47.1 Å². The van der Waals surface area contributed by atoms with Gasteiger partial charge >= 0.3 is 5.97 Å². The second-order valence-electron chi connectivity index (χ2n) is 8.33. The van der Waals surface area contributed by atoms with Crippen LogP contribution >= 0.6 is 0 Å². The molecule has 33 heavy (non-hydrogen) atoms. The first kappa shape index (κ1) is 22.4. The maximum Gasteiger partial charge on any atom is 0.354 e. The fourth-order valence-corrected chi connectivity index (χ4v) is 4.81. The number of aromatic nitrogens is 3. The summed E-state index contributed by atoms with van der Waals surface area (Å²) in [7, 11) is 4.98. The predicted octanol–water partition coefficient (Wildman–Crippen LogP) is 3.75. The smallest absolute Gasteiger partial charge is 0.354 e. The molecule has 1 aromatic carbocycles. The average molecular weight is 445 g/mol. The lowest BCUT2D eigenvalue weighted by molar-refractivity contribution is 0.0589. The molecule has 1 aliphatic carbocycles. The van der Waals surface area contributed by atoms with Gasteiger partial charge in [0.25, 0.3) is 0 Å². The molecular weight excluding hydrogens is 416 g/mol. The molecule has 0 amide bonds. The highest BCUT2D eigenvalue weighted by molar-refractivity contribution is 5.93. The number of anilines is 1. The Morgan fingerprint density at radius 1 is 1.24 bits per heavy atom. The molecule has 170 valence electrons. The number of benzene rings is 1. The summed E-state index contributed by atoms with van der Waals surface area (Å²) >= 11 is 0. The lowest BCUT2D eigenvalue weighted by Gasteiger charge is -2.44. The van der Waals surface area contributed by atoms with Gasteiger partial charge in [-0.05, 0) is 35.6 Å². The van der Waals surface area contributed by atoms with E-state index in [1.807, 2.05) is 17.7 Å². The fraction of sp³-hybridized carbons (Fsp3) is 0.320. The molecule has 4 rings (SSSR count). The van der Waals surface area contributed by atoms with E-state index < -0.39 is 5.97 Å². The van der Waals surface area contributed by atoms with E-state index in [-0.39, 0.29) is 17.3 Å². The van der Waals surface area contributed by atoms with E-state index in [4.69, 9.17) is 15.9 Å². The Hall–Kier alpha value is -3.81. The molecule has 8 heteroatoms. The van der Waals surface area contributed by atoms with E-state index in [9.17, 15) is 4.79 Å². The number of methoxy groups -OCH3 is 1. The highest BCUT2D eigenvalue weighted by Crippen LogP contribution is 2.51. The molecule has 1 aliphatic rings. The minimum Gasteiger partial charge on any atom is -0.464 e. The number of esters is 1.